The smallest absolute Gasteiger partial charge is 0.252 e. The molecule has 0 radical (unpaired) electrons. The second-order valence-electron chi connectivity index (χ2n) is 5.92. The summed E-state index contributed by atoms with van der Waals surface area (Å²) in [5.41, 5.74) is 6.22. The first kappa shape index (κ1) is 14.4. The maximum atomic E-state index is 12.8. The lowest BCUT2D eigenvalue weighted by molar-refractivity contribution is 0.227. The number of nitrogens with two attached hydrogens (primary N) is 1. The lowest BCUT2D eigenvalue weighted by atomic mass is 9.83. The van der Waals surface area contributed by atoms with E-state index < -0.39 is 10.0 Å². The molecule has 0 spiro atoms. The summed E-state index contributed by atoms with van der Waals surface area (Å²) in [7, 11) is -3.34. The Labute approximate surface area is 125 Å². The molecule has 1 aromatic rings. The zero-order valence-electron chi connectivity index (χ0n) is 11.6. The fourth-order valence-corrected chi connectivity index (χ4v) is 6.60. The van der Waals surface area contributed by atoms with E-state index in [1.54, 1.807) is 15.8 Å². The minimum absolute atomic E-state index is 0.212. The van der Waals surface area contributed by atoms with Gasteiger partial charge in [0, 0.05) is 23.7 Å². The van der Waals surface area contributed by atoms with Gasteiger partial charge in [-0.25, -0.2) is 8.42 Å². The van der Waals surface area contributed by atoms with Crippen LogP contribution in [-0.4, -0.2) is 25.3 Å². The first-order valence-corrected chi connectivity index (χ1v) is 9.77. The highest BCUT2D eigenvalue weighted by Crippen LogP contribution is 2.38. The van der Waals surface area contributed by atoms with Crippen LogP contribution in [0.4, 0.5) is 5.69 Å². The molecule has 3 rings (SSSR count). The molecule has 0 amide bonds. The molecule has 1 saturated heterocycles. The number of hydrogen-bond donors (Lipinski definition) is 1. The molecule has 1 unspecified atom stereocenters. The van der Waals surface area contributed by atoms with Gasteiger partial charge in [-0.3, -0.25) is 0 Å². The first-order valence-electron chi connectivity index (χ1n) is 7.45. The van der Waals surface area contributed by atoms with Crippen molar-refractivity contribution in [1.29, 1.82) is 0 Å². The maximum Gasteiger partial charge on any atom is 0.252 e. The summed E-state index contributed by atoms with van der Waals surface area (Å²) in [4.78, 5) is 0. The molecule has 4 nitrogen and oxygen atoms in total. The van der Waals surface area contributed by atoms with Crippen molar-refractivity contribution in [1.82, 2.24) is 4.31 Å². The second-order valence-corrected chi connectivity index (χ2v) is 8.95. The van der Waals surface area contributed by atoms with Crippen LogP contribution in [0.15, 0.2) is 15.7 Å². The van der Waals surface area contributed by atoms with Crippen molar-refractivity contribution in [3.63, 3.8) is 0 Å². The normalized spacial score (nSPS) is 26.1. The van der Waals surface area contributed by atoms with E-state index in [0.717, 1.165) is 12.8 Å². The lowest BCUT2D eigenvalue weighted by Crippen LogP contribution is -2.40. The summed E-state index contributed by atoms with van der Waals surface area (Å²) in [6.07, 6.45) is 8.18. The van der Waals surface area contributed by atoms with Gasteiger partial charge in [0.15, 0.2) is 0 Å². The zero-order chi connectivity index (χ0) is 14.2. The van der Waals surface area contributed by atoms with Crippen molar-refractivity contribution >= 4 is 27.0 Å². The molecule has 2 fully saturated rings. The van der Waals surface area contributed by atoms with E-state index in [1.807, 2.05) is 0 Å². The predicted octanol–water partition coefficient (Wildman–Crippen LogP) is 3.06. The van der Waals surface area contributed by atoms with Gasteiger partial charge in [0.05, 0.1) is 0 Å². The monoisotopic (exact) mass is 314 g/mol. The van der Waals surface area contributed by atoms with E-state index in [0.29, 0.717) is 22.4 Å². The van der Waals surface area contributed by atoms with Crippen molar-refractivity contribution in [2.24, 2.45) is 5.92 Å². The van der Waals surface area contributed by atoms with Crippen molar-refractivity contribution in [2.75, 3.05) is 12.3 Å². The van der Waals surface area contributed by atoms with Gasteiger partial charge in [0.2, 0.25) is 0 Å². The highest BCUT2D eigenvalue weighted by molar-refractivity contribution is 7.91. The van der Waals surface area contributed by atoms with Crippen molar-refractivity contribution in [3.05, 3.63) is 11.4 Å². The summed E-state index contributed by atoms with van der Waals surface area (Å²) in [5, 5.41) is 1.71. The Hall–Kier alpha value is -0.590. The SMILES string of the molecule is Nc1csc(S(=O)(=O)N2CCCC2C2CCCCC2)c1. The van der Waals surface area contributed by atoms with Crippen LogP contribution in [0.2, 0.25) is 0 Å². The average molecular weight is 314 g/mol. The van der Waals surface area contributed by atoms with Gasteiger partial charge in [0.25, 0.3) is 10.0 Å². The summed E-state index contributed by atoms with van der Waals surface area (Å²) in [6, 6.07) is 1.81. The molecule has 0 aromatic carbocycles. The standard InChI is InChI=1S/C14H22N2O2S2/c15-12-9-14(19-10-12)20(17,18)16-8-4-7-13(16)11-5-2-1-3-6-11/h9-11,13H,1-8,15H2. The van der Waals surface area contributed by atoms with Crippen molar-refractivity contribution < 1.29 is 8.42 Å². The van der Waals surface area contributed by atoms with Crippen LogP contribution in [0.25, 0.3) is 0 Å². The van der Waals surface area contributed by atoms with Crippen LogP contribution in [0.1, 0.15) is 44.9 Å². The van der Waals surface area contributed by atoms with Crippen LogP contribution in [-0.2, 0) is 10.0 Å². The number of nitrogens with zero attached hydrogens (tertiary/aromatic N) is 1. The Morgan fingerprint density at radius 2 is 1.90 bits per heavy atom. The van der Waals surface area contributed by atoms with E-state index in [9.17, 15) is 8.42 Å². The third-order valence-corrected chi connectivity index (χ3v) is 7.96. The molecule has 2 N–H and O–H groups in total. The summed E-state index contributed by atoms with van der Waals surface area (Å²) in [6.45, 7) is 0.668. The molecule has 112 valence electrons. The number of anilines is 1. The molecule has 0 bridgehead atoms. The number of sulfonamides is 1. The van der Waals surface area contributed by atoms with Crippen LogP contribution in [0, 0.1) is 5.92 Å². The number of rotatable bonds is 3. The quantitative estimate of drug-likeness (QED) is 0.932. The maximum absolute atomic E-state index is 12.8. The van der Waals surface area contributed by atoms with Gasteiger partial charge >= 0.3 is 0 Å². The van der Waals surface area contributed by atoms with Gasteiger partial charge < -0.3 is 5.73 Å². The number of hydrogen-bond acceptors (Lipinski definition) is 4. The third kappa shape index (κ3) is 2.61. The molecule has 6 heteroatoms. The van der Waals surface area contributed by atoms with E-state index in [1.165, 1.54) is 43.4 Å². The largest absolute Gasteiger partial charge is 0.398 e. The summed E-state index contributed by atoms with van der Waals surface area (Å²) in [5.74, 6) is 0.554. The van der Waals surface area contributed by atoms with Crippen molar-refractivity contribution in [2.45, 2.75) is 55.2 Å². The molecular weight excluding hydrogens is 292 g/mol. The van der Waals surface area contributed by atoms with E-state index in [-0.39, 0.29) is 6.04 Å². The van der Waals surface area contributed by atoms with Gasteiger partial charge in [-0.2, -0.15) is 4.31 Å². The molecular formula is C14H22N2O2S2. The Balaban J connectivity index is 1.84. The minimum Gasteiger partial charge on any atom is -0.398 e. The highest BCUT2D eigenvalue weighted by Gasteiger charge is 2.40. The third-order valence-electron chi connectivity index (χ3n) is 4.60. The van der Waals surface area contributed by atoms with Crippen LogP contribution in [0.3, 0.4) is 0 Å². The van der Waals surface area contributed by atoms with Crippen LogP contribution >= 0.6 is 11.3 Å². The molecule has 20 heavy (non-hydrogen) atoms. The Kier molecular flexibility index (Phi) is 4.06. The van der Waals surface area contributed by atoms with E-state index >= 15 is 0 Å². The van der Waals surface area contributed by atoms with Crippen LogP contribution in [0.5, 0.6) is 0 Å². The van der Waals surface area contributed by atoms with Gasteiger partial charge in [-0.15, -0.1) is 11.3 Å². The average Bonchev–Trinajstić information content (AvgIpc) is 3.08. The lowest BCUT2D eigenvalue weighted by Gasteiger charge is -2.33. The van der Waals surface area contributed by atoms with E-state index in [2.05, 4.69) is 0 Å². The fraction of sp³-hybridized carbons (Fsp3) is 0.714. The number of nitrogen functional groups attached to an aromatic ring is 1. The molecule has 1 atom stereocenters. The summed E-state index contributed by atoms with van der Waals surface area (Å²) >= 11 is 1.24. The molecule has 1 saturated carbocycles. The second kappa shape index (κ2) is 5.66. The topological polar surface area (TPSA) is 63.4 Å². The Bertz CT molecular complexity index is 561. The highest BCUT2D eigenvalue weighted by atomic mass is 32.2. The molecule has 2 aliphatic rings. The molecule has 2 heterocycles. The molecule has 1 aromatic heterocycles. The number of thiophene rings is 1. The van der Waals surface area contributed by atoms with Gasteiger partial charge in [-0.1, -0.05) is 19.3 Å². The van der Waals surface area contributed by atoms with E-state index in [4.69, 9.17) is 5.73 Å². The fourth-order valence-electron chi connectivity index (χ4n) is 3.64. The van der Waals surface area contributed by atoms with Crippen molar-refractivity contribution in [3.8, 4) is 0 Å². The van der Waals surface area contributed by atoms with Gasteiger partial charge in [0.1, 0.15) is 4.21 Å². The molecule has 1 aliphatic heterocycles. The Morgan fingerprint density at radius 1 is 1.15 bits per heavy atom. The predicted molar refractivity (Wildman–Crippen MR) is 82.2 cm³/mol. The summed E-state index contributed by atoms with van der Waals surface area (Å²) < 4.78 is 27.7. The Morgan fingerprint density at radius 3 is 2.55 bits per heavy atom. The molecule has 1 aliphatic carbocycles. The van der Waals surface area contributed by atoms with Crippen LogP contribution < -0.4 is 5.73 Å². The zero-order valence-corrected chi connectivity index (χ0v) is 13.3. The van der Waals surface area contributed by atoms with Gasteiger partial charge in [-0.05, 0) is 37.7 Å². The first-order chi connectivity index (χ1) is 9.59. The minimum atomic E-state index is -3.34.